The van der Waals surface area contributed by atoms with E-state index in [1.54, 1.807) is 0 Å². The van der Waals surface area contributed by atoms with Crippen molar-refractivity contribution < 1.29 is 28.8 Å². The summed E-state index contributed by atoms with van der Waals surface area (Å²) in [6.07, 6.45) is 2.48. The zero-order valence-corrected chi connectivity index (χ0v) is 14.7. The fraction of sp³-hybridized carbons (Fsp3) is 0.500. The van der Waals surface area contributed by atoms with Gasteiger partial charge in [-0.2, -0.15) is 0 Å². The number of hydrogen-bond acceptors (Lipinski definition) is 7. The Kier molecular flexibility index (Phi) is 6.43. The van der Waals surface area contributed by atoms with E-state index >= 15 is 0 Å². The molecule has 1 aromatic rings. The highest BCUT2D eigenvalue weighted by atomic mass is 16.6. The fourth-order valence-corrected chi connectivity index (χ4v) is 3.51. The van der Waals surface area contributed by atoms with Gasteiger partial charge in [-0.1, -0.05) is 18.6 Å². The topological polar surface area (TPSA) is 113 Å². The number of nitro groups is 1. The van der Waals surface area contributed by atoms with Gasteiger partial charge in [-0.15, -0.1) is 0 Å². The van der Waals surface area contributed by atoms with Gasteiger partial charge in [0.15, 0.2) is 5.92 Å². The Morgan fingerprint density at radius 3 is 2.15 bits per heavy atom. The molecule has 1 aliphatic carbocycles. The molecule has 1 aliphatic rings. The van der Waals surface area contributed by atoms with E-state index < -0.39 is 34.6 Å². The van der Waals surface area contributed by atoms with Crippen molar-refractivity contribution in [2.75, 3.05) is 14.2 Å². The predicted molar refractivity (Wildman–Crippen MR) is 90.3 cm³/mol. The van der Waals surface area contributed by atoms with Gasteiger partial charge in [-0.3, -0.25) is 24.5 Å². The minimum atomic E-state index is -1.31. The minimum Gasteiger partial charge on any atom is -0.468 e. The summed E-state index contributed by atoms with van der Waals surface area (Å²) in [5.74, 6) is -4.26. The highest BCUT2D eigenvalue weighted by Crippen LogP contribution is 2.40. The minimum absolute atomic E-state index is 0.0302. The molecule has 8 heteroatoms. The quantitative estimate of drug-likeness (QED) is 0.330. The van der Waals surface area contributed by atoms with Crippen LogP contribution in [0, 0.1) is 22.0 Å². The number of hydrogen-bond donors (Lipinski definition) is 0. The summed E-state index contributed by atoms with van der Waals surface area (Å²) < 4.78 is 9.53. The highest BCUT2D eigenvalue weighted by molar-refractivity contribution is 5.97. The van der Waals surface area contributed by atoms with Gasteiger partial charge in [0.25, 0.3) is 5.69 Å². The first-order valence-corrected chi connectivity index (χ1v) is 8.33. The maximum absolute atomic E-state index is 12.5. The number of esters is 2. The fourth-order valence-electron chi connectivity index (χ4n) is 3.51. The van der Waals surface area contributed by atoms with E-state index in [4.69, 9.17) is 9.47 Å². The van der Waals surface area contributed by atoms with E-state index in [0.717, 1.165) is 27.1 Å². The number of methoxy groups -OCH3 is 2. The first-order chi connectivity index (χ1) is 12.4. The molecular weight excluding hydrogens is 342 g/mol. The van der Waals surface area contributed by atoms with Gasteiger partial charge in [0, 0.05) is 30.4 Å². The Morgan fingerprint density at radius 2 is 1.69 bits per heavy atom. The molecule has 2 rings (SSSR count). The molecule has 1 saturated carbocycles. The predicted octanol–water partition coefficient (Wildman–Crippen LogP) is 2.40. The van der Waals surface area contributed by atoms with E-state index in [0.29, 0.717) is 18.4 Å². The number of ether oxygens (including phenoxy) is 2. The van der Waals surface area contributed by atoms with Crippen molar-refractivity contribution in [3.63, 3.8) is 0 Å². The molecule has 0 unspecified atom stereocenters. The Balaban J connectivity index is 2.52. The van der Waals surface area contributed by atoms with Crippen LogP contribution in [-0.2, 0) is 23.9 Å². The molecule has 1 fully saturated rings. The molecule has 1 aromatic carbocycles. The lowest BCUT2D eigenvalue weighted by Gasteiger charge is -2.32. The third-order valence-corrected chi connectivity index (χ3v) is 4.79. The van der Waals surface area contributed by atoms with Crippen molar-refractivity contribution in [2.45, 2.75) is 31.6 Å². The molecular formula is C18H21NO7. The van der Waals surface area contributed by atoms with Gasteiger partial charge in [0.05, 0.1) is 19.1 Å². The summed E-state index contributed by atoms with van der Waals surface area (Å²) >= 11 is 0. The lowest BCUT2D eigenvalue weighted by molar-refractivity contribution is -0.384. The van der Waals surface area contributed by atoms with Gasteiger partial charge >= 0.3 is 11.9 Å². The highest BCUT2D eigenvalue weighted by Gasteiger charge is 2.45. The molecule has 0 N–H and O–H groups in total. The number of rotatable bonds is 6. The average molecular weight is 363 g/mol. The van der Waals surface area contributed by atoms with E-state index in [-0.39, 0.29) is 11.5 Å². The van der Waals surface area contributed by atoms with Gasteiger partial charge in [-0.25, -0.2) is 0 Å². The number of Topliss-reactive ketones (excluding diaryl/α,β-unsaturated/α-hetero) is 1. The van der Waals surface area contributed by atoms with Crippen LogP contribution in [0.25, 0.3) is 0 Å². The largest absolute Gasteiger partial charge is 0.468 e. The SMILES string of the molecule is COC(=O)C(C(=O)OC)[C@H](c1ccc([N+](=O)[O-])cc1)[C@@H]1CCCCC1=O. The third kappa shape index (κ3) is 4.07. The Labute approximate surface area is 150 Å². The lowest BCUT2D eigenvalue weighted by atomic mass is 9.70. The van der Waals surface area contributed by atoms with Crippen LogP contribution in [0.3, 0.4) is 0 Å². The van der Waals surface area contributed by atoms with Gasteiger partial charge in [0.2, 0.25) is 0 Å². The summed E-state index contributed by atoms with van der Waals surface area (Å²) in [6, 6.07) is 5.54. The Hall–Kier alpha value is -2.77. The zero-order valence-electron chi connectivity index (χ0n) is 14.7. The lowest BCUT2D eigenvalue weighted by Crippen LogP contribution is -2.39. The molecule has 0 amide bonds. The smallest absolute Gasteiger partial charge is 0.320 e. The molecule has 2 atom stereocenters. The number of benzene rings is 1. The maximum atomic E-state index is 12.5. The number of nitrogens with zero attached hydrogens (tertiary/aromatic N) is 1. The first-order valence-electron chi connectivity index (χ1n) is 8.33. The van der Waals surface area contributed by atoms with Crippen molar-refractivity contribution in [3.05, 3.63) is 39.9 Å². The molecule has 8 nitrogen and oxygen atoms in total. The van der Waals surface area contributed by atoms with Crippen molar-refractivity contribution >= 4 is 23.4 Å². The molecule has 140 valence electrons. The third-order valence-electron chi connectivity index (χ3n) is 4.79. The molecule has 0 spiro atoms. The Bertz CT molecular complexity index is 682. The standard InChI is InChI=1S/C18H21NO7/c1-25-17(21)16(18(22)26-2)15(13-5-3-4-6-14(13)20)11-7-9-12(10-8-11)19(23)24/h7-10,13,15-16H,3-6H2,1-2H3/t13-,15-/m1/s1. The summed E-state index contributed by atoms with van der Waals surface area (Å²) in [5, 5.41) is 10.9. The van der Waals surface area contributed by atoms with Crippen LogP contribution in [-0.4, -0.2) is 36.9 Å². The van der Waals surface area contributed by atoms with Gasteiger partial charge < -0.3 is 9.47 Å². The van der Waals surface area contributed by atoms with Crippen LogP contribution >= 0.6 is 0 Å². The van der Waals surface area contributed by atoms with Crippen LogP contribution in [0.15, 0.2) is 24.3 Å². The van der Waals surface area contributed by atoms with Crippen molar-refractivity contribution in [3.8, 4) is 0 Å². The zero-order chi connectivity index (χ0) is 19.3. The second kappa shape index (κ2) is 8.55. The number of carbonyl (C=O) groups excluding carboxylic acids is 3. The van der Waals surface area contributed by atoms with Crippen LogP contribution in [0.5, 0.6) is 0 Å². The molecule has 0 saturated heterocycles. The first kappa shape index (κ1) is 19.6. The van der Waals surface area contributed by atoms with Gasteiger partial charge in [-0.05, 0) is 18.4 Å². The molecule has 26 heavy (non-hydrogen) atoms. The van der Waals surface area contributed by atoms with Gasteiger partial charge in [0.1, 0.15) is 5.78 Å². The molecule has 0 aromatic heterocycles. The van der Waals surface area contributed by atoms with E-state index in [2.05, 4.69) is 0 Å². The molecule has 0 aliphatic heterocycles. The van der Waals surface area contributed by atoms with E-state index in [1.807, 2.05) is 0 Å². The number of nitro benzene ring substituents is 1. The van der Waals surface area contributed by atoms with Crippen LogP contribution in [0.4, 0.5) is 5.69 Å². The number of non-ortho nitro benzene ring substituents is 1. The normalized spacial score (nSPS) is 18.3. The monoisotopic (exact) mass is 363 g/mol. The molecule has 0 bridgehead atoms. The van der Waals surface area contributed by atoms with Crippen LogP contribution in [0.1, 0.15) is 37.2 Å². The van der Waals surface area contributed by atoms with Crippen molar-refractivity contribution in [2.24, 2.45) is 11.8 Å². The summed E-state index contributed by atoms with van der Waals surface area (Å²) in [6.45, 7) is 0. The van der Waals surface area contributed by atoms with E-state index in [9.17, 15) is 24.5 Å². The second-order valence-corrected chi connectivity index (χ2v) is 6.22. The van der Waals surface area contributed by atoms with Crippen molar-refractivity contribution in [1.82, 2.24) is 0 Å². The summed E-state index contributed by atoms with van der Waals surface area (Å²) in [5.41, 5.74) is 0.381. The molecule has 0 radical (unpaired) electrons. The second-order valence-electron chi connectivity index (χ2n) is 6.22. The number of carbonyl (C=O) groups is 3. The van der Waals surface area contributed by atoms with Crippen LogP contribution in [0.2, 0.25) is 0 Å². The van der Waals surface area contributed by atoms with Crippen molar-refractivity contribution in [1.29, 1.82) is 0 Å². The Morgan fingerprint density at radius 1 is 1.12 bits per heavy atom. The molecule has 0 heterocycles. The summed E-state index contributed by atoms with van der Waals surface area (Å²) in [7, 11) is 2.32. The average Bonchev–Trinajstić information content (AvgIpc) is 2.65. The summed E-state index contributed by atoms with van der Waals surface area (Å²) in [4.78, 5) is 47.5. The number of ketones is 1. The van der Waals surface area contributed by atoms with E-state index in [1.165, 1.54) is 24.3 Å². The van der Waals surface area contributed by atoms with Crippen LogP contribution < -0.4 is 0 Å². The maximum Gasteiger partial charge on any atom is 0.320 e.